The Morgan fingerprint density at radius 2 is 2.29 bits per heavy atom. The zero-order chi connectivity index (χ0) is 12.7. The van der Waals surface area contributed by atoms with E-state index < -0.39 is 0 Å². The summed E-state index contributed by atoms with van der Waals surface area (Å²) in [7, 11) is 1.58. The molecule has 0 aliphatic carbocycles. The van der Waals surface area contributed by atoms with Crippen LogP contribution >= 0.6 is 0 Å². The fourth-order valence-corrected chi connectivity index (χ4v) is 1.21. The van der Waals surface area contributed by atoms with Crippen LogP contribution in [0.15, 0.2) is 6.07 Å². The molecule has 7 nitrogen and oxygen atoms in total. The van der Waals surface area contributed by atoms with Crippen LogP contribution in [-0.4, -0.2) is 42.7 Å². The van der Waals surface area contributed by atoms with E-state index in [-0.39, 0.29) is 12.5 Å². The quantitative estimate of drug-likeness (QED) is 0.581. The fourth-order valence-electron chi connectivity index (χ4n) is 1.21. The van der Waals surface area contributed by atoms with Gasteiger partial charge in [-0.05, 0) is 6.92 Å². The molecule has 0 radical (unpaired) electrons. The summed E-state index contributed by atoms with van der Waals surface area (Å²) >= 11 is 0. The van der Waals surface area contributed by atoms with Gasteiger partial charge in [-0.3, -0.25) is 4.79 Å². The number of nitrogens with two attached hydrogens (primary N) is 1. The van der Waals surface area contributed by atoms with E-state index in [1.54, 1.807) is 20.1 Å². The van der Waals surface area contributed by atoms with Crippen LogP contribution in [0.2, 0.25) is 0 Å². The molecule has 0 aromatic carbocycles. The zero-order valence-corrected chi connectivity index (χ0v) is 9.99. The van der Waals surface area contributed by atoms with Crippen LogP contribution in [0.4, 0.5) is 11.6 Å². The van der Waals surface area contributed by atoms with Gasteiger partial charge in [-0.1, -0.05) is 0 Å². The van der Waals surface area contributed by atoms with Gasteiger partial charge >= 0.3 is 0 Å². The van der Waals surface area contributed by atoms with Crippen molar-refractivity contribution in [1.82, 2.24) is 15.3 Å². The standard InChI is InChI=1S/C10H17N5O2/c1-7-14-8(11)5-9(15-7)13-6-10(16)12-3-4-17-2/h5H,3-4,6H2,1-2H3,(H,12,16)(H3,11,13,14,15). The number of aromatic nitrogens is 2. The minimum absolute atomic E-state index is 0.128. The minimum atomic E-state index is -0.128. The van der Waals surface area contributed by atoms with Gasteiger partial charge in [0.1, 0.15) is 17.5 Å². The lowest BCUT2D eigenvalue weighted by Gasteiger charge is -2.07. The van der Waals surface area contributed by atoms with Crippen molar-refractivity contribution in [2.45, 2.75) is 6.92 Å². The molecule has 0 unspecified atom stereocenters. The van der Waals surface area contributed by atoms with E-state index in [1.807, 2.05) is 0 Å². The fraction of sp³-hybridized carbons (Fsp3) is 0.500. The van der Waals surface area contributed by atoms with Crippen molar-refractivity contribution in [1.29, 1.82) is 0 Å². The number of carbonyl (C=O) groups is 1. The Balaban J connectivity index is 2.36. The maximum atomic E-state index is 11.4. The van der Waals surface area contributed by atoms with Crippen molar-refractivity contribution in [2.75, 3.05) is 37.9 Å². The third-order valence-corrected chi connectivity index (χ3v) is 1.92. The number of nitrogens with one attached hydrogen (secondary N) is 2. The molecule has 0 atom stereocenters. The Kier molecular flexibility index (Phi) is 5.15. The Labute approximate surface area is 99.8 Å². The summed E-state index contributed by atoms with van der Waals surface area (Å²) in [6.45, 7) is 2.85. The third-order valence-electron chi connectivity index (χ3n) is 1.92. The van der Waals surface area contributed by atoms with E-state index in [0.717, 1.165) is 0 Å². The molecule has 1 rings (SSSR count). The first kappa shape index (κ1) is 13.2. The molecule has 0 aliphatic rings. The maximum Gasteiger partial charge on any atom is 0.239 e. The van der Waals surface area contributed by atoms with Crippen LogP contribution in [0, 0.1) is 6.92 Å². The van der Waals surface area contributed by atoms with Crippen LogP contribution in [0.1, 0.15) is 5.82 Å². The molecule has 17 heavy (non-hydrogen) atoms. The van der Waals surface area contributed by atoms with E-state index in [0.29, 0.717) is 30.6 Å². The maximum absolute atomic E-state index is 11.4. The van der Waals surface area contributed by atoms with Crippen molar-refractivity contribution >= 4 is 17.5 Å². The van der Waals surface area contributed by atoms with E-state index in [9.17, 15) is 4.79 Å². The number of rotatable bonds is 6. The lowest BCUT2D eigenvalue weighted by Crippen LogP contribution is -2.32. The number of hydrogen-bond acceptors (Lipinski definition) is 6. The molecule has 0 saturated carbocycles. The van der Waals surface area contributed by atoms with Crippen molar-refractivity contribution in [3.63, 3.8) is 0 Å². The Morgan fingerprint density at radius 3 is 2.94 bits per heavy atom. The number of anilines is 2. The largest absolute Gasteiger partial charge is 0.384 e. The topological polar surface area (TPSA) is 102 Å². The lowest BCUT2D eigenvalue weighted by molar-refractivity contribution is -0.119. The third kappa shape index (κ3) is 5.12. The number of methoxy groups -OCH3 is 1. The van der Waals surface area contributed by atoms with Gasteiger partial charge in [0.05, 0.1) is 13.2 Å². The lowest BCUT2D eigenvalue weighted by atomic mass is 10.4. The number of amides is 1. The van der Waals surface area contributed by atoms with Gasteiger partial charge < -0.3 is 21.1 Å². The molecule has 1 amide bonds. The predicted molar refractivity (Wildman–Crippen MR) is 64.6 cm³/mol. The second-order valence-corrected chi connectivity index (χ2v) is 3.42. The molecule has 94 valence electrons. The Hall–Kier alpha value is -1.89. The number of nitrogen functional groups attached to an aromatic ring is 1. The Bertz CT molecular complexity index is 363. The number of carbonyl (C=O) groups excluding carboxylic acids is 1. The van der Waals surface area contributed by atoms with Crippen molar-refractivity contribution in [3.05, 3.63) is 11.9 Å². The first-order valence-electron chi connectivity index (χ1n) is 5.22. The van der Waals surface area contributed by atoms with Crippen LogP contribution in [0.5, 0.6) is 0 Å². The molecular weight excluding hydrogens is 222 g/mol. The van der Waals surface area contributed by atoms with Crippen molar-refractivity contribution in [2.24, 2.45) is 0 Å². The Morgan fingerprint density at radius 1 is 1.53 bits per heavy atom. The minimum Gasteiger partial charge on any atom is -0.384 e. The number of aryl methyl sites for hydroxylation is 1. The highest BCUT2D eigenvalue weighted by molar-refractivity contribution is 5.80. The summed E-state index contributed by atoms with van der Waals surface area (Å²) in [6, 6.07) is 1.58. The second-order valence-electron chi connectivity index (χ2n) is 3.42. The van der Waals surface area contributed by atoms with E-state index in [2.05, 4.69) is 20.6 Å². The van der Waals surface area contributed by atoms with Crippen LogP contribution in [0.25, 0.3) is 0 Å². The van der Waals surface area contributed by atoms with Gasteiger partial charge in [-0.2, -0.15) is 0 Å². The summed E-state index contributed by atoms with van der Waals surface area (Å²) in [6.07, 6.45) is 0. The summed E-state index contributed by atoms with van der Waals surface area (Å²) in [4.78, 5) is 19.4. The number of hydrogen-bond donors (Lipinski definition) is 3. The summed E-state index contributed by atoms with van der Waals surface area (Å²) in [5, 5.41) is 5.55. The van der Waals surface area contributed by atoms with Crippen molar-refractivity contribution in [3.8, 4) is 0 Å². The summed E-state index contributed by atoms with van der Waals surface area (Å²) in [5.74, 6) is 1.35. The van der Waals surface area contributed by atoms with Crippen LogP contribution in [-0.2, 0) is 9.53 Å². The molecule has 1 heterocycles. The molecule has 1 aromatic heterocycles. The number of ether oxygens (including phenoxy) is 1. The van der Waals surface area contributed by atoms with Crippen LogP contribution < -0.4 is 16.4 Å². The SMILES string of the molecule is COCCNC(=O)CNc1cc(N)nc(C)n1. The first-order chi connectivity index (χ1) is 8.11. The van der Waals surface area contributed by atoms with E-state index >= 15 is 0 Å². The van der Waals surface area contributed by atoms with Gasteiger partial charge in [-0.25, -0.2) is 9.97 Å². The zero-order valence-electron chi connectivity index (χ0n) is 9.99. The highest BCUT2D eigenvalue weighted by Gasteiger charge is 2.02. The molecule has 0 saturated heterocycles. The first-order valence-corrected chi connectivity index (χ1v) is 5.22. The van der Waals surface area contributed by atoms with Crippen LogP contribution in [0.3, 0.4) is 0 Å². The highest BCUT2D eigenvalue weighted by atomic mass is 16.5. The molecule has 0 spiro atoms. The molecule has 1 aromatic rings. The average Bonchev–Trinajstić information content (AvgIpc) is 2.25. The van der Waals surface area contributed by atoms with E-state index in [1.165, 1.54) is 0 Å². The van der Waals surface area contributed by atoms with Gasteiger partial charge in [0.25, 0.3) is 0 Å². The molecular formula is C10H17N5O2. The summed E-state index contributed by atoms with van der Waals surface area (Å²) in [5.41, 5.74) is 5.56. The second kappa shape index (κ2) is 6.64. The monoisotopic (exact) mass is 239 g/mol. The highest BCUT2D eigenvalue weighted by Crippen LogP contribution is 2.06. The van der Waals surface area contributed by atoms with E-state index in [4.69, 9.17) is 10.5 Å². The van der Waals surface area contributed by atoms with Gasteiger partial charge in [0.15, 0.2) is 0 Å². The molecule has 7 heteroatoms. The van der Waals surface area contributed by atoms with Crippen molar-refractivity contribution < 1.29 is 9.53 Å². The summed E-state index contributed by atoms with van der Waals surface area (Å²) < 4.78 is 4.81. The number of nitrogens with zero attached hydrogens (tertiary/aromatic N) is 2. The molecule has 4 N–H and O–H groups in total. The smallest absolute Gasteiger partial charge is 0.239 e. The van der Waals surface area contributed by atoms with Gasteiger partial charge in [-0.15, -0.1) is 0 Å². The molecule has 0 aliphatic heterocycles. The average molecular weight is 239 g/mol. The molecule has 0 fully saturated rings. The predicted octanol–water partition coefficient (Wildman–Crippen LogP) is -0.458. The molecule has 0 bridgehead atoms. The normalized spacial score (nSPS) is 10.0. The van der Waals surface area contributed by atoms with Gasteiger partial charge in [0.2, 0.25) is 5.91 Å². The van der Waals surface area contributed by atoms with Gasteiger partial charge in [0, 0.05) is 19.7 Å².